The van der Waals surface area contributed by atoms with Gasteiger partial charge in [0.05, 0.1) is 17.1 Å². The number of likely N-dealkylation sites (tertiary alicyclic amines) is 2. The van der Waals surface area contributed by atoms with Gasteiger partial charge in [0.1, 0.15) is 17.5 Å². The van der Waals surface area contributed by atoms with Crippen molar-refractivity contribution in [2.45, 2.75) is 64.6 Å². The van der Waals surface area contributed by atoms with Crippen molar-refractivity contribution in [2.24, 2.45) is 11.3 Å². The number of amides is 1. The maximum atomic E-state index is 12.2. The molecule has 0 bridgehead atoms. The van der Waals surface area contributed by atoms with E-state index in [-0.39, 0.29) is 18.2 Å². The number of nitrogens with zero attached hydrogens (tertiary/aromatic N) is 2. The molecule has 2 aliphatic heterocycles. The summed E-state index contributed by atoms with van der Waals surface area (Å²) in [4.78, 5) is 28.3. The topological polar surface area (TPSA) is 68.3 Å². The SMILES string of the molecule is COC(=O)c1ccc(OC2CC3(C2)CN(CCC2CCN(C(=O)OC(C)(C)C)CC2)C3)c(Br)c1. The Morgan fingerprint density at radius 2 is 1.82 bits per heavy atom. The van der Waals surface area contributed by atoms with E-state index >= 15 is 0 Å². The molecule has 1 aromatic rings. The van der Waals surface area contributed by atoms with E-state index in [1.165, 1.54) is 13.5 Å². The van der Waals surface area contributed by atoms with Crippen molar-refractivity contribution < 1.29 is 23.8 Å². The second kappa shape index (κ2) is 10.1. The first-order chi connectivity index (χ1) is 16.1. The number of benzene rings is 1. The van der Waals surface area contributed by atoms with Crippen molar-refractivity contribution >= 4 is 28.0 Å². The third-order valence-electron chi connectivity index (χ3n) is 7.21. The molecule has 1 amide bonds. The number of halogens is 1. The van der Waals surface area contributed by atoms with Gasteiger partial charge in [-0.2, -0.15) is 0 Å². The minimum atomic E-state index is -0.432. The molecule has 7 nitrogen and oxygen atoms in total. The predicted molar refractivity (Wildman–Crippen MR) is 133 cm³/mol. The number of piperidine rings is 1. The van der Waals surface area contributed by atoms with Crippen molar-refractivity contribution in [3.63, 3.8) is 0 Å². The summed E-state index contributed by atoms with van der Waals surface area (Å²) in [6, 6.07) is 5.32. The second-order valence-corrected chi connectivity index (χ2v) is 12.0. The molecule has 3 fully saturated rings. The molecule has 0 radical (unpaired) electrons. The van der Waals surface area contributed by atoms with Crippen LogP contribution < -0.4 is 4.74 Å². The zero-order valence-electron chi connectivity index (χ0n) is 20.8. The second-order valence-electron chi connectivity index (χ2n) is 11.2. The van der Waals surface area contributed by atoms with Gasteiger partial charge in [-0.25, -0.2) is 9.59 Å². The van der Waals surface area contributed by atoms with Crippen LogP contribution in [-0.4, -0.2) is 73.4 Å². The van der Waals surface area contributed by atoms with Crippen LogP contribution in [0.3, 0.4) is 0 Å². The van der Waals surface area contributed by atoms with Crippen LogP contribution in [0.2, 0.25) is 0 Å². The molecule has 2 heterocycles. The summed E-state index contributed by atoms with van der Waals surface area (Å²) < 4.78 is 17.2. The average Bonchev–Trinajstić information content (AvgIpc) is 2.73. The molecule has 8 heteroatoms. The lowest BCUT2D eigenvalue weighted by Crippen LogP contribution is -2.64. The van der Waals surface area contributed by atoms with Crippen LogP contribution in [0.15, 0.2) is 22.7 Å². The average molecular weight is 537 g/mol. The van der Waals surface area contributed by atoms with Crippen molar-refractivity contribution in [3.05, 3.63) is 28.2 Å². The monoisotopic (exact) mass is 536 g/mol. The Hall–Kier alpha value is -1.80. The van der Waals surface area contributed by atoms with Crippen molar-refractivity contribution in [1.82, 2.24) is 9.80 Å². The van der Waals surface area contributed by atoms with Gasteiger partial charge in [0.15, 0.2) is 0 Å². The van der Waals surface area contributed by atoms with E-state index in [1.807, 2.05) is 31.7 Å². The fraction of sp³-hybridized carbons (Fsp3) is 0.692. The Kier molecular flexibility index (Phi) is 7.48. The smallest absolute Gasteiger partial charge is 0.410 e. The summed E-state index contributed by atoms with van der Waals surface area (Å²) in [5.74, 6) is 1.12. The Balaban J connectivity index is 1.12. The Morgan fingerprint density at radius 3 is 2.41 bits per heavy atom. The third kappa shape index (κ3) is 6.06. The maximum absolute atomic E-state index is 12.2. The maximum Gasteiger partial charge on any atom is 0.410 e. The molecule has 34 heavy (non-hydrogen) atoms. The molecular formula is C26H37BrN2O5. The fourth-order valence-electron chi connectivity index (χ4n) is 5.42. The number of carbonyl (C=O) groups is 2. The minimum absolute atomic E-state index is 0.177. The number of ether oxygens (including phenoxy) is 3. The van der Waals surface area contributed by atoms with Gasteiger partial charge in [-0.05, 0) is 99.5 Å². The Labute approximate surface area is 211 Å². The molecular weight excluding hydrogens is 500 g/mol. The normalized spacial score (nSPS) is 21.0. The van der Waals surface area contributed by atoms with Crippen LogP contribution in [-0.2, 0) is 9.47 Å². The Morgan fingerprint density at radius 1 is 1.15 bits per heavy atom. The number of hydrogen-bond donors (Lipinski definition) is 0. The van der Waals surface area contributed by atoms with Crippen LogP contribution in [0, 0.1) is 11.3 Å². The third-order valence-corrected chi connectivity index (χ3v) is 7.83. The molecule has 4 rings (SSSR count). The first-order valence-corrected chi connectivity index (χ1v) is 13.1. The van der Waals surface area contributed by atoms with Gasteiger partial charge in [-0.3, -0.25) is 0 Å². The van der Waals surface area contributed by atoms with Crippen molar-refractivity contribution in [2.75, 3.05) is 39.8 Å². The summed E-state index contributed by atoms with van der Waals surface area (Å²) in [6.07, 6.45) is 5.57. The van der Waals surface area contributed by atoms with Gasteiger partial charge in [0, 0.05) is 31.6 Å². The summed E-state index contributed by atoms with van der Waals surface area (Å²) in [6.45, 7) is 10.8. The van der Waals surface area contributed by atoms with E-state index in [9.17, 15) is 9.59 Å². The number of methoxy groups -OCH3 is 1. The van der Waals surface area contributed by atoms with E-state index in [4.69, 9.17) is 14.2 Å². The summed E-state index contributed by atoms with van der Waals surface area (Å²) >= 11 is 3.51. The zero-order valence-corrected chi connectivity index (χ0v) is 22.4. The molecule has 0 aromatic heterocycles. The van der Waals surface area contributed by atoms with Crippen LogP contribution in [0.4, 0.5) is 4.79 Å². The van der Waals surface area contributed by atoms with E-state index in [2.05, 4.69) is 20.8 Å². The number of hydrogen-bond acceptors (Lipinski definition) is 6. The number of esters is 1. The highest BCUT2D eigenvalue weighted by atomic mass is 79.9. The lowest BCUT2D eigenvalue weighted by atomic mass is 9.61. The van der Waals surface area contributed by atoms with E-state index in [0.29, 0.717) is 16.9 Å². The van der Waals surface area contributed by atoms with Crippen LogP contribution in [0.1, 0.15) is 63.2 Å². The summed E-state index contributed by atoms with van der Waals surface area (Å²) in [7, 11) is 1.38. The lowest BCUT2D eigenvalue weighted by Gasteiger charge is -2.59. The van der Waals surface area contributed by atoms with E-state index < -0.39 is 5.60 Å². The fourth-order valence-corrected chi connectivity index (χ4v) is 5.90. The molecule has 3 aliphatic rings. The van der Waals surface area contributed by atoms with Gasteiger partial charge in [0.2, 0.25) is 0 Å². The minimum Gasteiger partial charge on any atom is -0.489 e. The zero-order chi connectivity index (χ0) is 24.5. The highest BCUT2D eigenvalue weighted by Crippen LogP contribution is 2.50. The molecule has 2 saturated heterocycles. The van der Waals surface area contributed by atoms with Crippen molar-refractivity contribution in [1.29, 1.82) is 0 Å². The van der Waals surface area contributed by atoms with Crippen LogP contribution in [0.5, 0.6) is 5.75 Å². The molecule has 1 saturated carbocycles. The number of rotatable bonds is 6. The molecule has 188 valence electrons. The van der Waals surface area contributed by atoms with Gasteiger partial charge in [0.25, 0.3) is 0 Å². The quantitative estimate of drug-likeness (QED) is 0.470. The van der Waals surface area contributed by atoms with Gasteiger partial charge in [-0.1, -0.05) is 0 Å². The van der Waals surface area contributed by atoms with Crippen molar-refractivity contribution in [3.8, 4) is 5.75 Å². The molecule has 0 N–H and O–H groups in total. The summed E-state index contributed by atoms with van der Waals surface area (Å²) in [5.41, 5.74) is 0.499. The molecule has 1 spiro atoms. The van der Waals surface area contributed by atoms with E-state index in [1.54, 1.807) is 12.1 Å². The largest absolute Gasteiger partial charge is 0.489 e. The first kappa shape index (κ1) is 25.3. The summed E-state index contributed by atoms with van der Waals surface area (Å²) in [5, 5.41) is 0. The van der Waals surface area contributed by atoms with Gasteiger partial charge >= 0.3 is 12.1 Å². The van der Waals surface area contributed by atoms with Crippen LogP contribution >= 0.6 is 15.9 Å². The highest BCUT2D eigenvalue weighted by molar-refractivity contribution is 9.10. The molecule has 1 aliphatic carbocycles. The van der Waals surface area contributed by atoms with E-state index in [0.717, 1.165) is 68.6 Å². The number of carbonyl (C=O) groups excluding carboxylic acids is 2. The standard InChI is InChI=1S/C26H37BrN2O5/c1-25(2,3)34-24(31)29-11-8-18(9-12-29)7-10-28-16-26(17-28)14-20(15-26)33-22-6-5-19(13-21(22)27)23(30)32-4/h5-6,13,18,20H,7-12,14-17H2,1-4H3. The Bertz CT molecular complexity index is 893. The molecule has 0 atom stereocenters. The molecule has 1 aromatic carbocycles. The van der Waals surface area contributed by atoms with Gasteiger partial charge in [-0.15, -0.1) is 0 Å². The predicted octanol–water partition coefficient (Wildman–Crippen LogP) is 5.12. The van der Waals surface area contributed by atoms with Gasteiger partial charge < -0.3 is 24.0 Å². The van der Waals surface area contributed by atoms with Crippen LogP contribution in [0.25, 0.3) is 0 Å². The lowest BCUT2D eigenvalue weighted by molar-refractivity contribution is -0.120. The first-order valence-electron chi connectivity index (χ1n) is 12.3. The highest BCUT2D eigenvalue weighted by Gasteiger charge is 2.53. The molecule has 0 unspecified atom stereocenters.